The summed E-state index contributed by atoms with van der Waals surface area (Å²) in [6.07, 6.45) is 44.9. The van der Waals surface area contributed by atoms with Crippen molar-refractivity contribution in [2.45, 2.75) is 220 Å². The number of unbranched alkanes of at least 4 members (excludes halogenated alkanes) is 25. The van der Waals surface area contributed by atoms with Gasteiger partial charge in [0.25, 0.3) is 0 Å². The first kappa shape index (κ1) is 43.9. The van der Waals surface area contributed by atoms with Gasteiger partial charge in [-0.2, -0.15) is 0 Å². The predicted octanol–water partition coefficient (Wildman–Crippen LogP) is 16.6. The number of aliphatic imine (C=N–C) groups is 2. The van der Waals surface area contributed by atoms with Crippen LogP contribution in [0, 0.1) is 0 Å². The second-order valence-electron chi connectivity index (χ2n) is 15.2. The lowest BCUT2D eigenvalue weighted by Crippen LogP contribution is -2.00. The fraction of sp³-hybridized carbons (Fsp3) is 0.708. The molecule has 0 spiro atoms. The summed E-state index contributed by atoms with van der Waals surface area (Å²) in [5.74, 6) is 0. The number of para-hydroxylation sites is 1. The normalized spacial score (nSPS) is 12.0. The molecule has 0 saturated heterocycles. The second kappa shape index (κ2) is 32.7. The maximum atomic E-state index is 5.12. The van der Waals surface area contributed by atoms with Crippen molar-refractivity contribution in [3.8, 4) is 0 Å². The van der Waals surface area contributed by atoms with Gasteiger partial charge in [-0.25, -0.2) is 0 Å². The van der Waals surface area contributed by atoms with Gasteiger partial charge in [-0.3, -0.25) is 9.98 Å². The van der Waals surface area contributed by atoms with Crippen molar-refractivity contribution >= 4 is 23.3 Å². The minimum absolute atomic E-state index is 0.996. The lowest BCUT2D eigenvalue weighted by atomic mass is 9.99. The van der Waals surface area contributed by atoms with Gasteiger partial charge in [-0.05, 0) is 61.1 Å². The van der Waals surface area contributed by atoms with Crippen LogP contribution in [-0.2, 0) is 12.8 Å². The Morgan fingerprint density at radius 1 is 0.420 bits per heavy atom. The van der Waals surface area contributed by atoms with Crippen molar-refractivity contribution < 1.29 is 0 Å². The van der Waals surface area contributed by atoms with E-state index < -0.39 is 0 Å². The fourth-order valence-electron chi connectivity index (χ4n) is 7.30. The Hall–Kier alpha value is -2.22. The van der Waals surface area contributed by atoms with Gasteiger partial charge in [0, 0.05) is 6.21 Å². The molecule has 2 aromatic carbocycles. The van der Waals surface area contributed by atoms with Crippen LogP contribution < -0.4 is 0 Å². The summed E-state index contributed by atoms with van der Waals surface area (Å²) >= 11 is 0. The van der Waals surface area contributed by atoms with E-state index in [1.54, 1.807) is 0 Å². The molecule has 0 aliphatic carbocycles. The summed E-state index contributed by atoms with van der Waals surface area (Å²) in [6, 6.07) is 17.1. The van der Waals surface area contributed by atoms with Crippen LogP contribution >= 0.6 is 0 Å². The third-order valence-corrected chi connectivity index (χ3v) is 10.4. The molecule has 2 aromatic rings. The van der Waals surface area contributed by atoms with E-state index in [1.807, 2.05) is 12.3 Å². The van der Waals surface area contributed by atoms with Gasteiger partial charge in [-0.15, -0.1) is 0 Å². The quantitative estimate of drug-likeness (QED) is 0.0518. The average Bonchev–Trinajstić information content (AvgIpc) is 3.13. The van der Waals surface area contributed by atoms with Gasteiger partial charge in [0.2, 0.25) is 0 Å². The van der Waals surface area contributed by atoms with Gasteiger partial charge in [0.1, 0.15) is 0 Å². The van der Waals surface area contributed by atoms with Gasteiger partial charge in [0.05, 0.1) is 17.1 Å². The first-order valence-corrected chi connectivity index (χ1v) is 22.0. The third-order valence-electron chi connectivity index (χ3n) is 10.4. The molecule has 50 heavy (non-hydrogen) atoms. The third kappa shape index (κ3) is 24.1. The number of rotatable bonds is 34. The van der Waals surface area contributed by atoms with E-state index in [2.05, 4.69) is 63.2 Å². The lowest BCUT2D eigenvalue weighted by Gasteiger charge is -2.10. The molecule has 0 saturated carbocycles. The Bertz CT molecular complexity index is 1080. The predicted molar refractivity (Wildman–Crippen MR) is 226 cm³/mol. The van der Waals surface area contributed by atoms with Crippen molar-refractivity contribution in [3.63, 3.8) is 0 Å². The van der Waals surface area contributed by atoms with Crippen LogP contribution in [0.2, 0.25) is 0 Å². The minimum atomic E-state index is 0.996. The molecule has 0 N–H and O–H groups in total. The van der Waals surface area contributed by atoms with E-state index in [9.17, 15) is 0 Å². The second-order valence-corrected chi connectivity index (χ2v) is 15.2. The molecule has 2 rings (SSSR count). The van der Waals surface area contributed by atoms with Gasteiger partial charge in [-0.1, -0.05) is 218 Å². The summed E-state index contributed by atoms with van der Waals surface area (Å²) in [5, 5.41) is 0. The summed E-state index contributed by atoms with van der Waals surface area (Å²) in [4.78, 5) is 9.88. The SMILES string of the molecule is CCCCCCCCCCCCCCCCCCCCCCCCCCCCC(C=Nc1ccccc1)=Nc1ccc(CCC)c(CCC)c1. The zero-order valence-electron chi connectivity index (χ0n) is 33.5. The first-order chi connectivity index (χ1) is 24.8. The summed E-state index contributed by atoms with van der Waals surface area (Å²) in [7, 11) is 0. The molecular weight excluding hydrogens is 605 g/mol. The van der Waals surface area contributed by atoms with E-state index in [0.29, 0.717) is 0 Å². The van der Waals surface area contributed by atoms with Crippen molar-refractivity contribution in [3.05, 3.63) is 59.7 Å². The van der Waals surface area contributed by atoms with Crippen molar-refractivity contribution in [2.75, 3.05) is 0 Å². The molecule has 0 atom stereocenters. The Morgan fingerprint density at radius 3 is 1.28 bits per heavy atom. The van der Waals surface area contributed by atoms with E-state index in [0.717, 1.165) is 36.3 Å². The molecule has 2 heteroatoms. The summed E-state index contributed by atoms with van der Waals surface area (Å²) in [5.41, 5.74) is 6.13. The molecule has 0 aliphatic heterocycles. The fourth-order valence-corrected chi connectivity index (χ4v) is 7.30. The monoisotopic (exact) mass is 685 g/mol. The number of hydrogen-bond donors (Lipinski definition) is 0. The van der Waals surface area contributed by atoms with Crippen molar-refractivity contribution in [2.24, 2.45) is 9.98 Å². The van der Waals surface area contributed by atoms with E-state index in [1.165, 1.54) is 191 Å². The van der Waals surface area contributed by atoms with Crippen LogP contribution in [0.15, 0.2) is 58.5 Å². The van der Waals surface area contributed by atoms with Gasteiger partial charge in [0.15, 0.2) is 0 Å². The highest BCUT2D eigenvalue weighted by Crippen LogP contribution is 2.23. The minimum Gasteiger partial charge on any atom is -0.255 e. The highest BCUT2D eigenvalue weighted by molar-refractivity contribution is 6.31. The summed E-state index contributed by atoms with van der Waals surface area (Å²) < 4.78 is 0. The Morgan fingerprint density at radius 2 is 0.840 bits per heavy atom. The molecule has 0 heterocycles. The first-order valence-electron chi connectivity index (χ1n) is 22.0. The highest BCUT2D eigenvalue weighted by Gasteiger charge is 2.05. The molecule has 0 amide bonds. The van der Waals surface area contributed by atoms with Crippen molar-refractivity contribution in [1.82, 2.24) is 0 Å². The summed E-state index contributed by atoms with van der Waals surface area (Å²) in [6.45, 7) is 6.84. The Labute approximate surface area is 311 Å². The maximum absolute atomic E-state index is 5.12. The average molecular weight is 685 g/mol. The van der Waals surface area contributed by atoms with E-state index >= 15 is 0 Å². The molecule has 282 valence electrons. The van der Waals surface area contributed by atoms with Crippen LogP contribution in [-0.4, -0.2) is 11.9 Å². The zero-order valence-corrected chi connectivity index (χ0v) is 33.5. The van der Waals surface area contributed by atoms with Gasteiger partial charge < -0.3 is 0 Å². The molecule has 0 bridgehead atoms. The molecule has 0 aromatic heterocycles. The molecule has 0 aliphatic rings. The smallest absolute Gasteiger partial charge is 0.0636 e. The zero-order chi connectivity index (χ0) is 35.6. The number of hydrogen-bond acceptors (Lipinski definition) is 2. The van der Waals surface area contributed by atoms with Crippen LogP contribution in [0.5, 0.6) is 0 Å². The molecule has 0 radical (unpaired) electrons. The van der Waals surface area contributed by atoms with Crippen molar-refractivity contribution in [1.29, 1.82) is 0 Å². The number of nitrogens with zero attached hydrogens (tertiary/aromatic N) is 2. The highest BCUT2D eigenvalue weighted by atomic mass is 14.8. The maximum Gasteiger partial charge on any atom is 0.0636 e. The van der Waals surface area contributed by atoms with Crippen LogP contribution in [0.25, 0.3) is 0 Å². The standard InChI is InChI=1S/C48H80N2/c1-4-7-8-9-10-11-12-13-14-15-16-17-18-19-20-21-22-23-24-25-26-27-28-29-30-32-39-48(43-49-46-37-33-31-34-38-46)50-47-41-40-44(35-5-2)45(42-47)36-6-3/h31,33-34,37-38,40-43H,4-30,32,35-36,39H2,1-3H3. The molecule has 0 unspecified atom stereocenters. The Balaban J connectivity index is 1.48. The lowest BCUT2D eigenvalue weighted by molar-refractivity contribution is 0.515. The van der Waals surface area contributed by atoms with Crippen LogP contribution in [0.3, 0.4) is 0 Å². The molecule has 2 nitrogen and oxygen atoms in total. The largest absolute Gasteiger partial charge is 0.255 e. The van der Waals surface area contributed by atoms with Crippen LogP contribution in [0.4, 0.5) is 11.4 Å². The van der Waals surface area contributed by atoms with E-state index in [-0.39, 0.29) is 0 Å². The molecule has 0 fully saturated rings. The van der Waals surface area contributed by atoms with E-state index in [4.69, 9.17) is 9.98 Å². The van der Waals surface area contributed by atoms with Gasteiger partial charge >= 0.3 is 0 Å². The topological polar surface area (TPSA) is 24.7 Å². The number of aryl methyl sites for hydroxylation is 2. The Kier molecular flexibility index (Phi) is 28.7. The molecular formula is C48H80N2. The van der Waals surface area contributed by atoms with Crippen LogP contribution in [0.1, 0.15) is 218 Å². The number of benzene rings is 2.